The first kappa shape index (κ1) is 9.98. The summed E-state index contributed by atoms with van der Waals surface area (Å²) in [6.07, 6.45) is 0.104. The molecule has 0 spiro atoms. The number of benzene rings is 1. The number of esters is 1. The topological polar surface area (TPSA) is 48.1 Å². The highest BCUT2D eigenvalue weighted by Crippen LogP contribution is 2.13. The summed E-state index contributed by atoms with van der Waals surface area (Å²) in [5.41, 5.74) is 0.524. The smallest absolute Gasteiger partial charge is 0.338 e. The molecule has 0 saturated carbocycles. The molecule has 15 heavy (non-hydrogen) atoms. The molecule has 2 rings (SSSR count). The molecular formula is C11H12O4. The number of rotatable bonds is 4. The number of carbonyl (C=O) groups excluding carboxylic acids is 1. The molecule has 0 N–H and O–H groups in total. The Hall–Kier alpha value is -1.55. The van der Waals surface area contributed by atoms with E-state index in [9.17, 15) is 4.79 Å². The molecule has 1 atom stereocenters. The third-order valence-electron chi connectivity index (χ3n) is 2.13. The summed E-state index contributed by atoms with van der Waals surface area (Å²) >= 11 is 0. The lowest BCUT2D eigenvalue weighted by molar-refractivity contribution is 0.0476. The molecular weight excluding hydrogens is 196 g/mol. The lowest BCUT2D eigenvalue weighted by atomic mass is 10.2. The van der Waals surface area contributed by atoms with Crippen LogP contribution < -0.4 is 4.74 Å². The second-order valence-corrected chi connectivity index (χ2v) is 3.28. The van der Waals surface area contributed by atoms with E-state index in [-0.39, 0.29) is 12.1 Å². The van der Waals surface area contributed by atoms with Crippen LogP contribution in [0, 0.1) is 0 Å². The van der Waals surface area contributed by atoms with Crippen molar-refractivity contribution >= 4 is 5.97 Å². The van der Waals surface area contributed by atoms with Gasteiger partial charge < -0.3 is 14.2 Å². The Kier molecular flexibility index (Phi) is 2.87. The number of hydrogen-bond acceptors (Lipinski definition) is 4. The van der Waals surface area contributed by atoms with Crippen molar-refractivity contribution in [3.05, 3.63) is 29.8 Å². The quantitative estimate of drug-likeness (QED) is 0.552. The summed E-state index contributed by atoms with van der Waals surface area (Å²) in [5.74, 6) is 0.394. The molecule has 80 valence electrons. The molecule has 0 unspecified atom stereocenters. The Morgan fingerprint density at radius 3 is 2.67 bits per heavy atom. The van der Waals surface area contributed by atoms with Crippen molar-refractivity contribution in [1.82, 2.24) is 0 Å². The van der Waals surface area contributed by atoms with Crippen LogP contribution in [0.1, 0.15) is 10.4 Å². The first-order chi connectivity index (χ1) is 7.29. The van der Waals surface area contributed by atoms with Crippen molar-refractivity contribution in [1.29, 1.82) is 0 Å². The largest absolute Gasteiger partial charge is 0.497 e. The Labute approximate surface area is 87.8 Å². The molecule has 0 amide bonds. The highest BCUT2D eigenvalue weighted by molar-refractivity contribution is 5.89. The first-order valence-electron chi connectivity index (χ1n) is 4.72. The number of epoxide rings is 1. The van der Waals surface area contributed by atoms with Crippen molar-refractivity contribution in [3.63, 3.8) is 0 Å². The van der Waals surface area contributed by atoms with E-state index in [1.807, 2.05) is 0 Å². The van der Waals surface area contributed by atoms with Crippen LogP contribution in [-0.4, -0.2) is 32.4 Å². The molecule has 4 nitrogen and oxygen atoms in total. The predicted molar refractivity (Wildman–Crippen MR) is 53.0 cm³/mol. The average molecular weight is 208 g/mol. The number of carbonyl (C=O) groups is 1. The summed E-state index contributed by atoms with van der Waals surface area (Å²) in [4.78, 5) is 11.5. The zero-order valence-electron chi connectivity index (χ0n) is 8.43. The SMILES string of the molecule is COc1ccc(C(=O)OC[C@H]2CO2)cc1. The highest BCUT2D eigenvalue weighted by Gasteiger charge is 2.24. The van der Waals surface area contributed by atoms with Crippen LogP contribution in [-0.2, 0) is 9.47 Å². The van der Waals surface area contributed by atoms with Crippen molar-refractivity contribution in [2.24, 2.45) is 0 Å². The van der Waals surface area contributed by atoms with Crippen LogP contribution in [0.3, 0.4) is 0 Å². The summed E-state index contributed by atoms with van der Waals surface area (Å²) < 4.78 is 14.9. The number of methoxy groups -OCH3 is 1. The monoisotopic (exact) mass is 208 g/mol. The molecule has 1 aromatic carbocycles. The van der Waals surface area contributed by atoms with Gasteiger partial charge in [0.1, 0.15) is 18.5 Å². The lowest BCUT2D eigenvalue weighted by Crippen LogP contribution is -2.09. The van der Waals surface area contributed by atoms with Crippen LogP contribution in [0.2, 0.25) is 0 Å². The molecule has 1 aliphatic rings. The van der Waals surface area contributed by atoms with Gasteiger partial charge in [-0.05, 0) is 24.3 Å². The third kappa shape index (κ3) is 2.70. The van der Waals surface area contributed by atoms with Crippen LogP contribution in [0.4, 0.5) is 0 Å². The lowest BCUT2D eigenvalue weighted by Gasteiger charge is -2.03. The molecule has 0 bridgehead atoms. The maximum atomic E-state index is 11.5. The van der Waals surface area contributed by atoms with Gasteiger partial charge in [0.25, 0.3) is 0 Å². The second kappa shape index (κ2) is 4.31. The summed E-state index contributed by atoms with van der Waals surface area (Å²) in [6.45, 7) is 1.03. The first-order valence-corrected chi connectivity index (χ1v) is 4.72. The van der Waals surface area contributed by atoms with Gasteiger partial charge in [0.2, 0.25) is 0 Å². The molecule has 0 aliphatic carbocycles. The molecule has 1 fully saturated rings. The van der Waals surface area contributed by atoms with E-state index in [0.717, 1.165) is 5.75 Å². The number of ether oxygens (including phenoxy) is 3. The fraction of sp³-hybridized carbons (Fsp3) is 0.364. The zero-order chi connectivity index (χ0) is 10.7. The van der Waals surface area contributed by atoms with Gasteiger partial charge in [-0.1, -0.05) is 0 Å². The van der Waals surface area contributed by atoms with E-state index in [1.54, 1.807) is 31.4 Å². The molecule has 0 radical (unpaired) electrons. The van der Waals surface area contributed by atoms with E-state index < -0.39 is 0 Å². The predicted octanol–water partition coefficient (Wildman–Crippen LogP) is 1.25. The summed E-state index contributed by atoms with van der Waals surface area (Å²) in [6, 6.07) is 6.80. The summed E-state index contributed by atoms with van der Waals surface area (Å²) in [7, 11) is 1.58. The van der Waals surface area contributed by atoms with E-state index >= 15 is 0 Å². The number of hydrogen-bond donors (Lipinski definition) is 0. The molecule has 1 aromatic rings. The molecule has 4 heteroatoms. The van der Waals surface area contributed by atoms with Gasteiger partial charge in [0, 0.05) is 0 Å². The Bertz CT molecular complexity index is 340. The minimum Gasteiger partial charge on any atom is -0.497 e. The van der Waals surface area contributed by atoms with Gasteiger partial charge in [-0.25, -0.2) is 4.79 Å². The average Bonchev–Trinajstić information content (AvgIpc) is 3.10. The molecule has 1 saturated heterocycles. The maximum Gasteiger partial charge on any atom is 0.338 e. The van der Waals surface area contributed by atoms with Gasteiger partial charge in [0.15, 0.2) is 0 Å². The Morgan fingerprint density at radius 1 is 1.47 bits per heavy atom. The van der Waals surface area contributed by atoms with Crippen LogP contribution in [0.25, 0.3) is 0 Å². The maximum absolute atomic E-state index is 11.5. The minimum atomic E-state index is -0.326. The minimum absolute atomic E-state index is 0.104. The third-order valence-corrected chi connectivity index (χ3v) is 2.13. The van der Waals surface area contributed by atoms with Crippen LogP contribution in [0.5, 0.6) is 5.75 Å². The normalized spacial score (nSPS) is 18.3. The fourth-order valence-corrected chi connectivity index (χ4v) is 1.14. The van der Waals surface area contributed by atoms with Gasteiger partial charge >= 0.3 is 5.97 Å². The van der Waals surface area contributed by atoms with Crippen molar-refractivity contribution in [2.45, 2.75) is 6.10 Å². The van der Waals surface area contributed by atoms with E-state index in [2.05, 4.69) is 0 Å². The summed E-state index contributed by atoms with van der Waals surface area (Å²) in [5, 5.41) is 0. The van der Waals surface area contributed by atoms with Crippen LogP contribution in [0.15, 0.2) is 24.3 Å². The van der Waals surface area contributed by atoms with E-state index in [0.29, 0.717) is 18.8 Å². The standard InChI is InChI=1S/C11H12O4/c1-13-9-4-2-8(3-5-9)11(12)15-7-10-6-14-10/h2-5,10H,6-7H2,1H3/t10-/m1/s1. The van der Waals surface area contributed by atoms with Crippen molar-refractivity contribution in [2.75, 3.05) is 20.3 Å². The van der Waals surface area contributed by atoms with E-state index in [4.69, 9.17) is 14.2 Å². The van der Waals surface area contributed by atoms with Gasteiger partial charge in [-0.3, -0.25) is 0 Å². The Balaban J connectivity index is 1.91. The van der Waals surface area contributed by atoms with Crippen LogP contribution >= 0.6 is 0 Å². The van der Waals surface area contributed by atoms with Crippen molar-refractivity contribution in [3.8, 4) is 5.75 Å². The van der Waals surface area contributed by atoms with E-state index in [1.165, 1.54) is 0 Å². The zero-order valence-corrected chi connectivity index (χ0v) is 8.43. The second-order valence-electron chi connectivity index (χ2n) is 3.28. The molecule has 1 heterocycles. The highest BCUT2D eigenvalue weighted by atomic mass is 16.6. The Morgan fingerprint density at radius 2 is 2.13 bits per heavy atom. The molecule has 0 aromatic heterocycles. The molecule has 1 aliphatic heterocycles. The van der Waals surface area contributed by atoms with Gasteiger partial charge in [0.05, 0.1) is 19.3 Å². The fourth-order valence-electron chi connectivity index (χ4n) is 1.14. The van der Waals surface area contributed by atoms with Gasteiger partial charge in [-0.2, -0.15) is 0 Å². The van der Waals surface area contributed by atoms with Gasteiger partial charge in [-0.15, -0.1) is 0 Å². The van der Waals surface area contributed by atoms with Crippen molar-refractivity contribution < 1.29 is 19.0 Å².